The minimum atomic E-state index is 0.139. The fraction of sp³-hybridized carbons (Fsp3) is 0.667. The van der Waals surface area contributed by atoms with Crippen molar-refractivity contribution in [2.24, 2.45) is 7.05 Å². The first-order valence-electron chi connectivity index (χ1n) is 4.47. The molecule has 74 valence electrons. The molecule has 1 rings (SSSR count). The minimum Gasteiger partial charge on any atom is -0.395 e. The zero-order valence-corrected chi connectivity index (χ0v) is 8.41. The van der Waals surface area contributed by atoms with Gasteiger partial charge in [0.25, 0.3) is 0 Å². The summed E-state index contributed by atoms with van der Waals surface area (Å²) in [5.74, 6) is 0. The van der Waals surface area contributed by atoms with Crippen molar-refractivity contribution in [3.8, 4) is 0 Å². The standard InChI is InChI=1S/C9H17N3O/c1-7(6-13)10-4-9-5-12(3)11-8(9)2/h5,7,10,13H,4,6H2,1-3H3/t7-/m1/s1. The van der Waals surface area contributed by atoms with Crippen molar-refractivity contribution in [1.29, 1.82) is 0 Å². The van der Waals surface area contributed by atoms with Gasteiger partial charge in [0.15, 0.2) is 0 Å². The summed E-state index contributed by atoms with van der Waals surface area (Å²) in [6.45, 7) is 4.87. The maximum atomic E-state index is 8.80. The number of aliphatic hydroxyl groups is 1. The van der Waals surface area contributed by atoms with E-state index >= 15 is 0 Å². The average Bonchev–Trinajstić information content (AvgIpc) is 2.41. The molecule has 0 unspecified atom stereocenters. The Morgan fingerprint density at radius 2 is 2.38 bits per heavy atom. The van der Waals surface area contributed by atoms with Crippen molar-refractivity contribution < 1.29 is 5.11 Å². The van der Waals surface area contributed by atoms with Gasteiger partial charge >= 0.3 is 0 Å². The Labute approximate surface area is 78.6 Å². The molecule has 4 nitrogen and oxygen atoms in total. The lowest BCUT2D eigenvalue weighted by Gasteiger charge is -2.09. The summed E-state index contributed by atoms with van der Waals surface area (Å²) in [5, 5.41) is 16.2. The minimum absolute atomic E-state index is 0.139. The van der Waals surface area contributed by atoms with E-state index in [-0.39, 0.29) is 12.6 Å². The number of aromatic nitrogens is 2. The monoisotopic (exact) mass is 183 g/mol. The number of aryl methyl sites for hydroxylation is 2. The van der Waals surface area contributed by atoms with Gasteiger partial charge in [0.2, 0.25) is 0 Å². The van der Waals surface area contributed by atoms with Crippen LogP contribution in [0.25, 0.3) is 0 Å². The Bertz CT molecular complexity index is 270. The highest BCUT2D eigenvalue weighted by Crippen LogP contribution is 2.03. The number of hydrogen-bond acceptors (Lipinski definition) is 3. The van der Waals surface area contributed by atoms with Gasteiger partial charge < -0.3 is 10.4 Å². The maximum Gasteiger partial charge on any atom is 0.0638 e. The summed E-state index contributed by atoms with van der Waals surface area (Å²) in [6, 6.07) is 0.139. The first-order valence-corrected chi connectivity index (χ1v) is 4.47. The number of rotatable bonds is 4. The fourth-order valence-corrected chi connectivity index (χ4v) is 1.17. The Morgan fingerprint density at radius 3 is 2.85 bits per heavy atom. The van der Waals surface area contributed by atoms with E-state index in [1.807, 2.05) is 27.1 Å². The van der Waals surface area contributed by atoms with Crippen LogP contribution in [0.15, 0.2) is 6.20 Å². The molecule has 1 atom stereocenters. The number of nitrogens with zero attached hydrogens (tertiary/aromatic N) is 2. The Kier molecular flexibility index (Phi) is 3.45. The van der Waals surface area contributed by atoms with Crippen LogP contribution in [-0.2, 0) is 13.6 Å². The molecule has 1 aromatic rings. The molecule has 0 saturated carbocycles. The van der Waals surface area contributed by atoms with Crippen LogP contribution in [0.5, 0.6) is 0 Å². The molecule has 1 aromatic heterocycles. The van der Waals surface area contributed by atoms with Crippen molar-refractivity contribution in [2.75, 3.05) is 6.61 Å². The second-order valence-electron chi connectivity index (χ2n) is 3.38. The predicted molar refractivity (Wildman–Crippen MR) is 51.3 cm³/mol. The van der Waals surface area contributed by atoms with Gasteiger partial charge in [-0.05, 0) is 13.8 Å². The smallest absolute Gasteiger partial charge is 0.0638 e. The quantitative estimate of drug-likeness (QED) is 0.701. The van der Waals surface area contributed by atoms with Crippen molar-refractivity contribution in [2.45, 2.75) is 26.4 Å². The molecule has 0 amide bonds. The first-order chi connectivity index (χ1) is 6.13. The molecule has 0 spiro atoms. The van der Waals surface area contributed by atoms with Crippen LogP contribution >= 0.6 is 0 Å². The van der Waals surface area contributed by atoms with Gasteiger partial charge in [-0.3, -0.25) is 4.68 Å². The van der Waals surface area contributed by atoms with Crippen molar-refractivity contribution >= 4 is 0 Å². The van der Waals surface area contributed by atoms with E-state index in [0.29, 0.717) is 0 Å². The zero-order chi connectivity index (χ0) is 9.84. The Hall–Kier alpha value is -0.870. The maximum absolute atomic E-state index is 8.80. The fourth-order valence-electron chi connectivity index (χ4n) is 1.17. The van der Waals surface area contributed by atoms with Crippen LogP contribution in [0.2, 0.25) is 0 Å². The number of nitrogens with one attached hydrogen (secondary N) is 1. The van der Waals surface area contributed by atoms with Gasteiger partial charge in [-0.2, -0.15) is 5.10 Å². The third kappa shape index (κ3) is 2.82. The summed E-state index contributed by atoms with van der Waals surface area (Å²) in [6.07, 6.45) is 1.99. The Balaban J connectivity index is 2.49. The lowest BCUT2D eigenvalue weighted by molar-refractivity contribution is 0.251. The van der Waals surface area contributed by atoms with E-state index in [0.717, 1.165) is 12.2 Å². The van der Waals surface area contributed by atoms with E-state index in [2.05, 4.69) is 10.4 Å². The molecule has 4 heteroatoms. The second kappa shape index (κ2) is 4.39. The molecular weight excluding hydrogens is 166 g/mol. The average molecular weight is 183 g/mol. The van der Waals surface area contributed by atoms with E-state index in [1.54, 1.807) is 4.68 Å². The Morgan fingerprint density at radius 1 is 1.69 bits per heavy atom. The van der Waals surface area contributed by atoms with Gasteiger partial charge in [-0.25, -0.2) is 0 Å². The molecule has 2 N–H and O–H groups in total. The molecule has 0 aliphatic heterocycles. The molecule has 13 heavy (non-hydrogen) atoms. The van der Waals surface area contributed by atoms with Gasteiger partial charge in [-0.1, -0.05) is 0 Å². The van der Waals surface area contributed by atoms with Crippen LogP contribution in [0.4, 0.5) is 0 Å². The van der Waals surface area contributed by atoms with Crippen LogP contribution in [-0.4, -0.2) is 27.5 Å². The SMILES string of the molecule is Cc1nn(C)cc1CN[C@H](C)CO. The highest BCUT2D eigenvalue weighted by molar-refractivity contribution is 5.14. The molecule has 0 radical (unpaired) electrons. The predicted octanol–water partition coefficient (Wildman–Crippen LogP) is 0.199. The molecule has 0 aromatic carbocycles. The van der Waals surface area contributed by atoms with Gasteiger partial charge in [-0.15, -0.1) is 0 Å². The zero-order valence-electron chi connectivity index (χ0n) is 8.41. The van der Waals surface area contributed by atoms with Crippen LogP contribution < -0.4 is 5.32 Å². The summed E-state index contributed by atoms with van der Waals surface area (Å²) in [5.41, 5.74) is 2.22. The third-order valence-electron chi connectivity index (χ3n) is 2.03. The summed E-state index contributed by atoms with van der Waals surface area (Å²) >= 11 is 0. The summed E-state index contributed by atoms with van der Waals surface area (Å²) in [4.78, 5) is 0. The lowest BCUT2D eigenvalue weighted by atomic mass is 10.2. The molecule has 0 saturated heterocycles. The van der Waals surface area contributed by atoms with Crippen molar-refractivity contribution in [3.05, 3.63) is 17.5 Å². The van der Waals surface area contributed by atoms with Crippen molar-refractivity contribution in [3.63, 3.8) is 0 Å². The molecular formula is C9H17N3O. The van der Waals surface area contributed by atoms with Gasteiger partial charge in [0.1, 0.15) is 0 Å². The van der Waals surface area contributed by atoms with Gasteiger partial charge in [0, 0.05) is 31.4 Å². The van der Waals surface area contributed by atoms with E-state index in [4.69, 9.17) is 5.11 Å². The van der Waals surface area contributed by atoms with Crippen LogP contribution in [0.1, 0.15) is 18.2 Å². The second-order valence-corrected chi connectivity index (χ2v) is 3.38. The number of aliphatic hydroxyl groups excluding tert-OH is 1. The van der Waals surface area contributed by atoms with Crippen LogP contribution in [0, 0.1) is 6.92 Å². The largest absolute Gasteiger partial charge is 0.395 e. The van der Waals surface area contributed by atoms with Gasteiger partial charge in [0.05, 0.1) is 12.3 Å². The van der Waals surface area contributed by atoms with E-state index in [1.165, 1.54) is 5.56 Å². The highest BCUT2D eigenvalue weighted by atomic mass is 16.3. The normalized spacial score (nSPS) is 13.2. The van der Waals surface area contributed by atoms with Crippen molar-refractivity contribution in [1.82, 2.24) is 15.1 Å². The number of hydrogen-bond donors (Lipinski definition) is 2. The van der Waals surface area contributed by atoms with Crippen LogP contribution in [0.3, 0.4) is 0 Å². The molecule has 0 aliphatic rings. The molecule has 1 heterocycles. The topological polar surface area (TPSA) is 50.1 Å². The lowest BCUT2D eigenvalue weighted by Crippen LogP contribution is -2.28. The molecule has 0 fully saturated rings. The third-order valence-corrected chi connectivity index (χ3v) is 2.03. The highest BCUT2D eigenvalue weighted by Gasteiger charge is 2.04. The van der Waals surface area contributed by atoms with E-state index in [9.17, 15) is 0 Å². The molecule has 0 aliphatic carbocycles. The van der Waals surface area contributed by atoms with E-state index < -0.39 is 0 Å². The summed E-state index contributed by atoms with van der Waals surface area (Å²) in [7, 11) is 1.91. The first kappa shape index (κ1) is 10.2. The summed E-state index contributed by atoms with van der Waals surface area (Å²) < 4.78 is 1.80. The molecule has 0 bridgehead atoms.